The fourth-order valence-electron chi connectivity index (χ4n) is 0.917. The highest BCUT2D eigenvalue weighted by Crippen LogP contribution is 1.85. The molecule has 140 valence electrons. The van der Waals surface area contributed by atoms with E-state index in [0.29, 0.717) is 32.8 Å². The number of ether oxygens (including phenoxy) is 2. The maximum absolute atomic E-state index is 11.0. The zero-order valence-corrected chi connectivity index (χ0v) is 17.2. The number of nitrogens with one attached hydrogen (secondary N) is 1. The van der Waals surface area contributed by atoms with Crippen LogP contribution in [0.2, 0.25) is 0 Å². The van der Waals surface area contributed by atoms with Crippen LogP contribution in [0.25, 0.3) is 0 Å². The molecule has 0 aromatic heterocycles. The average Bonchev–Trinajstić information content (AvgIpc) is 2.61. The van der Waals surface area contributed by atoms with Gasteiger partial charge in [0.2, 0.25) is 5.91 Å². The number of carbonyl (C=O) groups is 1. The van der Waals surface area contributed by atoms with Crippen molar-refractivity contribution in [3.8, 4) is 0 Å². The summed E-state index contributed by atoms with van der Waals surface area (Å²) in [7, 11) is 0. The molecule has 0 unspecified atom stereocenters. The van der Waals surface area contributed by atoms with Crippen LogP contribution in [-0.4, -0.2) is 38.9 Å². The Bertz CT molecular complexity index is 142. The summed E-state index contributed by atoms with van der Waals surface area (Å²) in [5.41, 5.74) is 0. The summed E-state index contributed by atoms with van der Waals surface area (Å²) in [6, 6.07) is 0. The van der Waals surface area contributed by atoms with Crippen LogP contribution in [-0.2, 0) is 14.3 Å². The minimum Gasteiger partial charge on any atom is -0.379 e. The van der Waals surface area contributed by atoms with Gasteiger partial charge < -0.3 is 14.8 Å². The van der Waals surface area contributed by atoms with Crippen LogP contribution in [0.1, 0.15) is 82.1 Å². The van der Waals surface area contributed by atoms with E-state index < -0.39 is 0 Å². The number of rotatable bonds is 9. The Kier molecular flexibility index (Phi) is 75.1. The quantitative estimate of drug-likeness (QED) is 0.603. The molecule has 0 aliphatic rings. The molecule has 0 aromatic carbocycles. The normalized spacial score (nSPS) is 7.55. The Balaban J connectivity index is -0.000000103. The third-order valence-corrected chi connectivity index (χ3v) is 1.57. The fraction of sp³-hybridized carbons (Fsp3) is 0.944. The average molecular weight is 324 g/mol. The molecule has 0 spiro atoms. The standard InChI is InChI=1S/C10H21NO3.4C2H6/c1-3-6-13-8-9-14-7-5-10(12)11-4-2;4*1-2/h3-9H2,1-2H3,(H,11,12);4*1-2H3. The molecule has 1 N–H and O–H groups in total. The second-order valence-electron chi connectivity index (χ2n) is 2.93. The van der Waals surface area contributed by atoms with E-state index >= 15 is 0 Å². The molecule has 4 heteroatoms. The van der Waals surface area contributed by atoms with Gasteiger partial charge in [-0.15, -0.1) is 0 Å². The van der Waals surface area contributed by atoms with Gasteiger partial charge in [0.1, 0.15) is 0 Å². The van der Waals surface area contributed by atoms with Gasteiger partial charge in [-0.1, -0.05) is 62.3 Å². The van der Waals surface area contributed by atoms with Gasteiger partial charge in [-0.05, 0) is 13.3 Å². The number of carbonyl (C=O) groups excluding carboxylic acids is 1. The van der Waals surface area contributed by atoms with Crippen LogP contribution in [0.15, 0.2) is 0 Å². The fourth-order valence-corrected chi connectivity index (χ4v) is 0.917. The molecule has 0 saturated heterocycles. The summed E-state index contributed by atoms with van der Waals surface area (Å²) in [6.45, 7) is 23.1. The molecule has 0 fully saturated rings. The van der Waals surface area contributed by atoms with Crippen LogP contribution < -0.4 is 5.32 Å². The van der Waals surface area contributed by atoms with Crippen molar-refractivity contribution < 1.29 is 14.3 Å². The van der Waals surface area contributed by atoms with Crippen molar-refractivity contribution in [2.45, 2.75) is 82.1 Å². The van der Waals surface area contributed by atoms with Gasteiger partial charge in [0, 0.05) is 19.6 Å². The van der Waals surface area contributed by atoms with E-state index in [1.165, 1.54) is 0 Å². The number of hydrogen-bond acceptors (Lipinski definition) is 3. The molecule has 0 saturated carbocycles. The molecule has 0 atom stereocenters. The molecule has 22 heavy (non-hydrogen) atoms. The lowest BCUT2D eigenvalue weighted by atomic mass is 10.4. The molecule has 4 nitrogen and oxygen atoms in total. The second kappa shape index (κ2) is 49.9. The van der Waals surface area contributed by atoms with Crippen molar-refractivity contribution >= 4 is 5.91 Å². The van der Waals surface area contributed by atoms with Gasteiger partial charge in [-0.3, -0.25) is 4.79 Å². The van der Waals surface area contributed by atoms with Crippen molar-refractivity contribution in [3.05, 3.63) is 0 Å². The molecule has 0 bridgehead atoms. The number of hydrogen-bond donors (Lipinski definition) is 1. The minimum absolute atomic E-state index is 0.0435. The lowest BCUT2D eigenvalue weighted by molar-refractivity contribution is -0.122. The van der Waals surface area contributed by atoms with E-state index in [9.17, 15) is 4.79 Å². The zero-order valence-electron chi connectivity index (χ0n) is 17.2. The van der Waals surface area contributed by atoms with E-state index in [-0.39, 0.29) is 5.91 Å². The van der Waals surface area contributed by atoms with E-state index in [0.717, 1.165) is 13.0 Å². The third-order valence-electron chi connectivity index (χ3n) is 1.57. The van der Waals surface area contributed by atoms with E-state index in [1.807, 2.05) is 62.3 Å². The maximum Gasteiger partial charge on any atom is 0.222 e. The second-order valence-corrected chi connectivity index (χ2v) is 2.93. The van der Waals surface area contributed by atoms with Gasteiger partial charge in [-0.2, -0.15) is 0 Å². The van der Waals surface area contributed by atoms with Crippen LogP contribution >= 0.6 is 0 Å². The molecule has 0 aliphatic heterocycles. The predicted molar refractivity (Wildman–Crippen MR) is 101 cm³/mol. The predicted octanol–water partition coefficient (Wildman–Crippen LogP) is 5.06. The highest BCUT2D eigenvalue weighted by molar-refractivity contribution is 5.75. The van der Waals surface area contributed by atoms with E-state index in [2.05, 4.69) is 12.2 Å². The van der Waals surface area contributed by atoms with E-state index in [4.69, 9.17) is 9.47 Å². The summed E-state index contributed by atoms with van der Waals surface area (Å²) >= 11 is 0. The molecule has 1 amide bonds. The number of amides is 1. The third kappa shape index (κ3) is 50.5. The maximum atomic E-state index is 11.0. The first-order valence-electron chi connectivity index (χ1n) is 9.23. The van der Waals surface area contributed by atoms with Crippen molar-refractivity contribution in [2.75, 3.05) is 33.0 Å². The largest absolute Gasteiger partial charge is 0.379 e. The molecular formula is C18H45NO3. The van der Waals surface area contributed by atoms with Crippen LogP contribution in [0.4, 0.5) is 0 Å². The summed E-state index contributed by atoms with van der Waals surface area (Å²) in [6.07, 6.45) is 1.46. The molecule has 0 heterocycles. The first-order valence-corrected chi connectivity index (χ1v) is 9.23. The summed E-state index contributed by atoms with van der Waals surface area (Å²) in [4.78, 5) is 11.0. The van der Waals surface area contributed by atoms with Gasteiger partial charge in [-0.25, -0.2) is 0 Å². The summed E-state index contributed by atoms with van der Waals surface area (Å²) in [5.74, 6) is 0.0435. The Labute approximate surface area is 141 Å². The highest BCUT2D eigenvalue weighted by Gasteiger charge is 1.98. The lowest BCUT2D eigenvalue weighted by Gasteiger charge is -2.04. The molecular weight excluding hydrogens is 278 g/mol. The van der Waals surface area contributed by atoms with Gasteiger partial charge in [0.25, 0.3) is 0 Å². The van der Waals surface area contributed by atoms with Gasteiger partial charge in [0.05, 0.1) is 19.8 Å². The van der Waals surface area contributed by atoms with Gasteiger partial charge >= 0.3 is 0 Å². The Morgan fingerprint density at radius 1 is 0.727 bits per heavy atom. The molecule has 0 aliphatic carbocycles. The van der Waals surface area contributed by atoms with E-state index in [1.54, 1.807) is 0 Å². The Morgan fingerprint density at radius 2 is 1.14 bits per heavy atom. The van der Waals surface area contributed by atoms with Gasteiger partial charge in [0.15, 0.2) is 0 Å². The highest BCUT2D eigenvalue weighted by atomic mass is 16.5. The van der Waals surface area contributed by atoms with Crippen molar-refractivity contribution in [2.24, 2.45) is 0 Å². The molecule has 0 radical (unpaired) electrons. The zero-order chi connectivity index (χ0) is 18.6. The van der Waals surface area contributed by atoms with Crippen LogP contribution in [0, 0.1) is 0 Å². The Morgan fingerprint density at radius 3 is 1.50 bits per heavy atom. The SMILES string of the molecule is CC.CC.CC.CC.CCCOCCOCCC(=O)NCC. The smallest absolute Gasteiger partial charge is 0.222 e. The topological polar surface area (TPSA) is 47.6 Å². The lowest BCUT2D eigenvalue weighted by Crippen LogP contribution is -2.24. The first-order chi connectivity index (χ1) is 10.8. The Hall–Kier alpha value is -0.610. The van der Waals surface area contributed by atoms with Crippen molar-refractivity contribution in [1.82, 2.24) is 5.32 Å². The van der Waals surface area contributed by atoms with Crippen molar-refractivity contribution in [3.63, 3.8) is 0 Å². The van der Waals surface area contributed by atoms with Crippen LogP contribution in [0.3, 0.4) is 0 Å². The molecule has 0 aromatic rings. The first kappa shape index (κ1) is 33.1. The summed E-state index contributed by atoms with van der Waals surface area (Å²) < 4.78 is 10.4. The summed E-state index contributed by atoms with van der Waals surface area (Å²) in [5, 5.41) is 2.71. The van der Waals surface area contributed by atoms with Crippen molar-refractivity contribution in [1.29, 1.82) is 0 Å². The monoisotopic (exact) mass is 323 g/mol. The molecule has 0 rings (SSSR count). The van der Waals surface area contributed by atoms with Crippen LogP contribution in [0.5, 0.6) is 0 Å². The minimum atomic E-state index is 0.0435.